The summed E-state index contributed by atoms with van der Waals surface area (Å²) >= 11 is 0. The Labute approximate surface area is 102 Å². The number of nitrogens with zero attached hydrogens (tertiary/aromatic N) is 1. The van der Waals surface area contributed by atoms with Crippen molar-refractivity contribution in [3.63, 3.8) is 0 Å². The van der Waals surface area contributed by atoms with Gasteiger partial charge in [-0.25, -0.2) is 9.37 Å². The minimum absolute atomic E-state index is 0.127. The van der Waals surface area contributed by atoms with Crippen LogP contribution in [0.15, 0.2) is 18.3 Å². The van der Waals surface area contributed by atoms with Gasteiger partial charge < -0.3 is 11.1 Å². The number of aromatic nitrogens is 1. The van der Waals surface area contributed by atoms with Crippen LogP contribution in [-0.4, -0.2) is 18.1 Å². The molecular formula is C13H20FN3. The third-order valence-electron chi connectivity index (χ3n) is 3.74. The lowest BCUT2D eigenvalue weighted by molar-refractivity contribution is 0.215. The quantitative estimate of drug-likeness (QED) is 0.846. The molecular weight excluding hydrogens is 217 g/mol. The maximum Gasteiger partial charge on any atom is 0.165 e. The fraction of sp³-hybridized carbons (Fsp3) is 0.615. The number of hydrogen-bond acceptors (Lipinski definition) is 3. The molecule has 1 fully saturated rings. The molecule has 0 amide bonds. The summed E-state index contributed by atoms with van der Waals surface area (Å²) in [5.41, 5.74) is 6.01. The van der Waals surface area contributed by atoms with Crippen LogP contribution in [0, 0.1) is 11.2 Å². The van der Waals surface area contributed by atoms with Gasteiger partial charge in [0.15, 0.2) is 11.6 Å². The number of hydrogen-bond donors (Lipinski definition) is 2. The van der Waals surface area contributed by atoms with E-state index < -0.39 is 0 Å². The van der Waals surface area contributed by atoms with Gasteiger partial charge in [-0.3, -0.25) is 0 Å². The van der Waals surface area contributed by atoms with Gasteiger partial charge in [0.1, 0.15) is 0 Å². The van der Waals surface area contributed by atoms with Crippen LogP contribution in [0.1, 0.15) is 32.1 Å². The maximum atomic E-state index is 13.4. The van der Waals surface area contributed by atoms with Gasteiger partial charge >= 0.3 is 0 Å². The first kappa shape index (κ1) is 12.3. The third-order valence-corrected chi connectivity index (χ3v) is 3.74. The number of nitrogens with two attached hydrogens (primary N) is 1. The van der Waals surface area contributed by atoms with E-state index in [1.54, 1.807) is 12.3 Å². The van der Waals surface area contributed by atoms with Crippen molar-refractivity contribution in [1.82, 2.24) is 4.98 Å². The molecule has 94 valence electrons. The zero-order valence-electron chi connectivity index (χ0n) is 10.1. The maximum absolute atomic E-state index is 13.4. The molecule has 0 radical (unpaired) electrons. The lowest BCUT2D eigenvalue weighted by Gasteiger charge is -2.36. The van der Waals surface area contributed by atoms with Gasteiger partial charge in [0.05, 0.1) is 0 Å². The first-order valence-electron chi connectivity index (χ1n) is 6.30. The van der Waals surface area contributed by atoms with E-state index in [2.05, 4.69) is 10.3 Å². The number of pyridine rings is 1. The smallest absolute Gasteiger partial charge is 0.165 e. The summed E-state index contributed by atoms with van der Waals surface area (Å²) in [6, 6.07) is 3.02. The molecule has 1 aromatic rings. The molecule has 1 aliphatic carbocycles. The van der Waals surface area contributed by atoms with E-state index in [0.29, 0.717) is 12.4 Å². The normalized spacial score (nSPS) is 18.9. The molecule has 17 heavy (non-hydrogen) atoms. The van der Waals surface area contributed by atoms with Crippen molar-refractivity contribution in [3.05, 3.63) is 24.1 Å². The molecule has 0 saturated heterocycles. The Bertz CT molecular complexity index is 361. The van der Waals surface area contributed by atoms with Gasteiger partial charge in [0, 0.05) is 12.7 Å². The van der Waals surface area contributed by atoms with Crippen LogP contribution in [-0.2, 0) is 0 Å². The molecule has 1 heterocycles. The van der Waals surface area contributed by atoms with E-state index >= 15 is 0 Å². The average molecular weight is 237 g/mol. The van der Waals surface area contributed by atoms with Crippen molar-refractivity contribution < 1.29 is 4.39 Å². The first-order valence-corrected chi connectivity index (χ1v) is 6.30. The van der Waals surface area contributed by atoms with Crippen LogP contribution in [0.4, 0.5) is 10.2 Å². The van der Waals surface area contributed by atoms with Gasteiger partial charge in [-0.05, 0) is 36.9 Å². The molecule has 0 atom stereocenters. The highest BCUT2D eigenvalue weighted by Crippen LogP contribution is 2.35. The molecule has 0 aromatic carbocycles. The highest BCUT2D eigenvalue weighted by Gasteiger charge is 2.30. The molecule has 0 unspecified atom stereocenters. The topological polar surface area (TPSA) is 50.9 Å². The molecule has 1 aliphatic rings. The van der Waals surface area contributed by atoms with Crippen molar-refractivity contribution in [1.29, 1.82) is 0 Å². The third kappa shape index (κ3) is 2.94. The van der Waals surface area contributed by atoms with Gasteiger partial charge in [-0.1, -0.05) is 19.3 Å². The molecule has 0 spiro atoms. The zero-order valence-corrected chi connectivity index (χ0v) is 10.1. The molecule has 3 N–H and O–H groups in total. The molecule has 0 aliphatic heterocycles. The Hall–Kier alpha value is -1.16. The molecule has 1 saturated carbocycles. The lowest BCUT2D eigenvalue weighted by atomic mass is 9.74. The molecule has 2 rings (SSSR count). The van der Waals surface area contributed by atoms with Crippen molar-refractivity contribution in [2.45, 2.75) is 32.1 Å². The van der Waals surface area contributed by atoms with Crippen molar-refractivity contribution in [2.24, 2.45) is 11.1 Å². The van der Waals surface area contributed by atoms with E-state index in [9.17, 15) is 4.39 Å². The van der Waals surface area contributed by atoms with Crippen molar-refractivity contribution in [3.8, 4) is 0 Å². The van der Waals surface area contributed by atoms with Crippen LogP contribution >= 0.6 is 0 Å². The number of halogens is 1. The van der Waals surface area contributed by atoms with Crippen LogP contribution in [0.25, 0.3) is 0 Å². The minimum Gasteiger partial charge on any atom is -0.367 e. The van der Waals surface area contributed by atoms with Crippen molar-refractivity contribution in [2.75, 3.05) is 18.4 Å². The molecule has 4 heteroatoms. The Balaban J connectivity index is 1.98. The van der Waals surface area contributed by atoms with E-state index in [0.717, 1.165) is 19.4 Å². The van der Waals surface area contributed by atoms with E-state index in [-0.39, 0.29) is 11.2 Å². The van der Waals surface area contributed by atoms with Crippen LogP contribution in [0.3, 0.4) is 0 Å². The predicted molar refractivity (Wildman–Crippen MR) is 67.3 cm³/mol. The van der Waals surface area contributed by atoms with Crippen LogP contribution in [0.2, 0.25) is 0 Å². The predicted octanol–water partition coefficient (Wildman–Crippen LogP) is 2.54. The second-order valence-electron chi connectivity index (χ2n) is 4.95. The van der Waals surface area contributed by atoms with Gasteiger partial charge in [0.2, 0.25) is 0 Å². The van der Waals surface area contributed by atoms with Crippen LogP contribution in [0.5, 0.6) is 0 Å². The minimum atomic E-state index is -0.296. The Kier molecular flexibility index (Phi) is 3.94. The van der Waals surface area contributed by atoms with E-state index in [1.165, 1.54) is 25.3 Å². The molecule has 3 nitrogen and oxygen atoms in total. The Morgan fingerprint density at radius 3 is 2.76 bits per heavy atom. The highest BCUT2D eigenvalue weighted by atomic mass is 19.1. The lowest BCUT2D eigenvalue weighted by Crippen LogP contribution is -2.39. The summed E-state index contributed by atoms with van der Waals surface area (Å²) in [5, 5.41) is 3.11. The number of anilines is 1. The second-order valence-corrected chi connectivity index (χ2v) is 4.95. The monoisotopic (exact) mass is 237 g/mol. The fourth-order valence-electron chi connectivity index (χ4n) is 2.54. The molecule has 0 bridgehead atoms. The van der Waals surface area contributed by atoms with Crippen LogP contribution < -0.4 is 11.1 Å². The van der Waals surface area contributed by atoms with Gasteiger partial charge in [-0.2, -0.15) is 0 Å². The van der Waals surface area contributed by atoms with E-state index in [1.807, 2.05) is 0 Å². The van der Waals surface area contributed by atoms with Gasteiger partial charge in [-0.15, -0.1) is 0 Å². The largest absolute Gasteiger partial charge is 0.367 e. The summed E-state index contributed by atoms with van der Waals surface area (Å²) in [7, 11) is 0. The summed E-state index contributed by atoms with van der Waals surface area (Å²) in [6.07, 6.45) is 7.60. The van der Waals surface area contributed by atoms with Crippen molar-refractivity contribution >= 4 is 5.82 Å². The first-order chi connectivity index (χ1) is 8.26. The Morgan fingerprint density at radius 2 is 2.12 bits per heavy atom. The highest BCUT2D eigenvalue weighted by molar-refractivity contribution is 5.35. The summed E-state index contributed by atoms with van der Waals surface area (Å²) in [5.74, 6) is 0.0429. The molecule has 1 aromatic heterocycles. The standard InChI is InChI=1S/C13H20FN3/c14-11-5-4-8-16-12(11)17-10-13(9-15)6-2-1-3-7-13/h4-5,8H,1-3,6-7,9-10,15H2,(H,16,17). The SMILES string of the molecule is NCC1(CNc2ncccc2F)CCCCC1. The summed E-state index contributed by atoms with van der Waals surface area (Å²) in [6.45, 7) is 1.38. The zero-order chi connectivity index (χ0) is 12.1. The number of rotatable bonds is 4. The average Bonchev–Trinajstić information content (AvgIpc) is 2.39. The van der Waals surface area contributed by atoms with Gasteiger partial charge in [0.25, 0.3) is 0 Å². The summed E-state index contributed by atoms with van der Waals surface area (Å²) in [4.78, 5) is 4.00. The van der Waals surface area contributed by atoms with E-state index in [4.69, 9.17) is 5.73 Å². The summed E-state index contributed by atoms with van der Waals surface area (Å²) < 4.78 is 13.4. The fourth-order valence-corrected chi connectivity index (χ4v) is 2.54. The second kappa shape index (κ2) is 5.45. The Morgan fingerprint density at radius 1 is 1.35 bits per heavy atom. The number of nitrogens with one attached hydrogen (secondary N) is 1.